The molecule has 0 spiro atoms. The second-order valence-corrected chi connectivity index (χ2v) is 9.52. The van der Waals surface area contributed by atoms with Gasteiger partial charge in [0.1, 0.15) is 6.54 Å². The van der Waals surface area contributed by atoms with Crippen LogP contribution in [-0.4, -0.2) is 63.3 Å². The van der Waals surface area contributed by atoms with Gasteiger partial charge in [-0.05, 0) is 24.1 Å². The molecule has 1 aliphatic rings. The zero-order valence-corrected chi connectivity index (χ0v) is 18.0. The van der Waals surface area contributed by atoms with E-state index in [1.54, 1.807) is 35.2 Å². The van der Waals surface area contributed by atoms with Crippen LogP contribution in [0.1, 0.15) is 18.1 Å². The molecule has 2 aromatic rings. The predicted molar refractivity (Wildman–Crippen MR) is 113 cm³/mol. The third kappa shape index (κ3) is 5.44. The molecule has 6 nitrogen and oxygen atoms in total. The third-order valence-corrected chi connectivity index (χ3v) is 7.28. The van der Waals surface area contributed by atoms with Crippen LogP contribution >= 0.6 is 0 Å². The predicted octanol–water partition coefficient (Wildman–Crippen LogP) is 0.797. The second kappa shape index (κ2) is 9.52. The highest BCUT2D eigenvalue weighted by atomic mass is 32.2. The van der Waals surface area contributed by atoms with Gasteiger partial charge in [-0.1, -0.05) is 49.4 Å². The maximum absolute atomic E-state index is 12.7. The largest absolute Gasteiger partial charge is 0.335 e. The number of sulfonamides is 1. The molecular weight excluding hydrogens is 386 g/mol. The molecule has 3 rings (SSSR count). The summed E-state index contributed by atoms with van der Waals surface area (Å²) >= 11 is 0. The lowest BCUT2D eigenvalue weighted by atomic mass is 10.1. The van der Waals surface area contributed by atoms with E-state index in [0.717, 1.165) is 17.9 Å². The number of aryl methyl sites for hydroxylation is 1. The number of carbonyl (C=O) groups excluding carboxylic acids is 1. The first-order valence-corrected chi connectivity index (χ1v) is 11.6. The fraction of sp³-hybridized carbons (Fsp3) is 0.409. The minimum atomic E-state index is -3.49. The maximum atomic E-state index is 12.7. The van der Waals surface area contributed by atoms with Crippen LogP contribution in [0.15, 0.2) is 59.5 Å². The zero-order chi connectivity index (χ0) is 20.9. The molecule has 156 valence electrons. The molecule has 2 aromatic carbocycles. The summed E-state index contributed by atoms with van der Waals surface area (Å²) in [6.07, 6.45) is 1.02. The summed E-state index contributed by atoms with van der Waals surface area (Å²) in [5, 5.41) is 0. The number of hydrogen-bond donors (Lipinski definition) is 1. The van der Waals surface area contributed by atoms with Gasteiger partial charge in [-0.2, -0.15) is 4.31 Å². The van der Waals surface area contributed by atoms with Crippen LogP contribution in [0.25, 0.3) is 0 Å². The average Bonchev–Trinajstić information content (AvgIpc) is 2.75. The topological polar surface area (TPSA) is 62.1 Å². The van der Waals surface area contributed by atoms with Crippen molar-refractivity contribution in [1.29, 1.82) is 0 Å². The molecule has 1 N–H and O–H groups in total. The van der Waals surface area contributed by atoms with E-state index in [4.69, 9.17) is 0 Å². The van der Waals surface area contributed by atoms with Crippen LogP contribution in [-0.2, 0) is 27.8 Å². The number of benzene rings is 2. The van der Waals surface area contributed by atoms with Crippen molar-refractivity contribution in [3.8, 4) is 0 Å². The molecule has 0 radical (unpaired) electrons. The number of quaternary nitrogens is 1. The molecule has 1 aliphatic heterocycles. The van der Waals surface area contributed by atoms with Crippen LogP contribution in [0.2, 0.25) is 0 Å². The highest BCUT2D eigenvalue weighted by Gasteiger charge is 2.30. The Hall–Kier alpha value is -2.22. The summed E-state index contributed by atoms with van der Waals surface area (Å²) in [5.74, 6) is 0.0736. The van der Waals surface area contributed by atoms with Gasteiger partial charge < -0.3 is 9.80 Å². The third-order valence-electron chi connectivity index (χ3n) is 5.36. The molecule has 1 atom stereocenters. The number of piperazine rings is 1. The van der Waals surface area contributed by atoms with E-state index in [2.05, 4.69) is 31.2 Å². The number of hydrogen-bond acceptors (Lipinski definition) is 3. The molecule has 0 bridgehead atoms. The summed E-state index contributed by atoms with van der Waals surface area (Å²) < 4.78 is 26.9. The summed E-state index contributed by atoms with van der Waals surface area (Å²) in [6, 6.07) is 17.0. The first-order chi connectivity index (χ1) is 13.9. The first kappa shape index (κ1) is 21.5. The number of carbonyl (C=O) groups is 1. The molecule has 1 unspecified atom stereocenters. The lowest BCUT2D eigenvalue weighted by molar-refractivity contribution is -0.885. The molecule has 0 aliphatic carbocycles. The Balaban J connectivity index is 1.50. The van der Waals surface area contributed by atoms with E-state index in [-0.39, 0.29) is 5.91 Å². The summed E-state index contributed by atoms with van der Waals surface area (Å²) in [7, 11) is -1.47. The number of nitrogens with one attached hydrogen (secondary N) is 1. The molecule has 1 amide bonds. The van der Waals surface area contributed by atoms with Crippen LogP contribution in [0, 0.1) is 0 Å². The van der Waals surface area contributed by atoms with Crippen LogP contribution in [0.3, 0.4) is 0 Å². The Bertz CT molecular complexity index is 906. The number of amides is 1. The molecule has 29 heavy (non-hydrogen) atoms. The zero-order valence-electron chi connectivity index (χ0n) is 17.2. The summed E-state index contributed by atoms with van der Waals surface area (Å²) in [6.45, 7) is 4.86. The first-order valence-electron chi connectivity index (χ1n) is 10.1. The molecular formula is C22H30N3O3S+. The van der Waals surface area contributed by atoms with Gasteiger partial charge in [0.2, 0.25) is 10.0 Å². The molecule has 7 heteroatoms. The lowest BCUT2D eigenvalue weighted by Crippen LogP contribution is -3.09. The highest BCUT2D eigenvalue weighted by molar-refractivity contribution is 7.89. The van der Waals surface area contributed by atoms with Crippen molar-refractivity contribution < 1.29 is 18.1 Å². The Labute approximate surface area is 173 Å². The fourth-order valence-corrected chi connectivity index (χ4v) is 5.04. The lowest BCUT2D eigenvalue weighted by Gasteiger charge is -2.34. The van der Waals surface area contributed by atoms with Crippen molar-refractivity contribution in [2.24, 2.45) is 0 Å². The van der Waals surface area contributed by atoms with Gasteiger partial charge in [-0.3, -0.25) is 4.79 Å². The fourth-order valence-electron chi connectivity index (χ4n) is 3.59. The summed E-state index contributed by atoms with van der Waals surface area (Å²) in [4.78, 5) is 15.9. The van der Waals surface area contributed by atoms with Crippen molar-refractivity contribution in [1.82, 2.24) is 9.21 Å². The van der Waals surface area contributed by atoms with Crippen molar-refractivity contribution in [3.05, 3.63) is 65.7 Å². The maximum Gasteiger partial charge on any atom is 0.277 e. The van der Waals surface area contributed by atoms with E-state index in [0.29, 0.717) is 37.6 Å². The molecule has 1 heterocycles. The van der Waals surface area contributed by atoms with Gasteiger partial charge in [0.15, 0.2) is 6.54 Å². The quantitative estimate of drug-likeness (QED) is 0.726. The van der Waals surface area contributed by atoms with Gasteiger partial charge in [0.05, 0.1) is 11.9 Å². The van der Waals surface area contributed by atoms with E-state index in [1.807, 2.05) is 7.05 Å². The molecule has 0 saturated carbocycles. The number of likely N-dealkylation sites (N-methyl/N-ethyl adjacent to an activating group) is 1. The van der Waals surface area contributed by atoms with Gasteiger partial charge >= 0.3 is 0 Å². The van der Waals surface area contributed by atoms with Gasteiger partial charge in [0.25, 0.3) is 5.91 Å². The summed E-state index contributed by atoms with van der Waals surface area (Å²) in [5.41, 5.74) is 2.53. The second-order valence-electron chi connectivity index (χ2n) is 7.58. The van der Waals surface area contributed by atoms with Gasteiger partial charge in [-0.25, -0.2) is 8.42 Å². The van der Waals surface area contributed by atoms with Crippen LogP contribution < -0.4 is 4.90 Å². The van der Waals surface area contributed by atoms with Crippen molar-refractivity contribution >= 4 is 15.9 Å². The van der Waals surface area contributed by atoms with Gasteiger partial charge in [0, 0.05) is 31.7 Å². The van der Waals surface area contributed by atoms with Crippen molar-refractivity contribution in [3.63, 3.8) is 0 Å². The Kier molecular flexibility index (Phi) is 7.05. The van der Waals surface area contributed by atoms with Gasteiger partial charge in [-0.15, -0.1) is 0 Å². The normalized spacial score (nSPS) is 16.6. The minimum Gasteiger partial charge on any atom is -0.335 e. The van der Waals surface area contributed by atoms with Crippen molar-refractivity contribution in [2.45, 2.75) is 24.8 Å². The average molecular weight is 417 g/mol. The Morgan fingerprint density at radius 1 is 0.931 bits per heavy atom. The van der Waals surface area contributed by atoms with E-state index < -0.39 is 10.0 Å². The van der Waals surface area contributed by atoms with E-state index >= 15 is 0 Å². The minimum absolute atomic E-state index is 0.0736. The molecule has 1 fully saturated rings. The molecule has 0 aromatic heterocycles. The van der Waals surface area contributed by atoms with Crippen LogP contribution in [0.5, 0.6) is 0 Å². The van der Waals surface area contributed by atoms with Crippen molar-refractivity contribution in [2.75, 3.05) is 39.8 Å². The standard InChI is InChI=1S/C22H29N3O3S/c1-3-19-9-11-20(12-10-19)17-23(2)18-22(26)24-13-15-25(16-14-24)29(27,28)21-7-5-4-6-8-21/h4-12H,3,13-18H2,1-2H3/p+1. The number of rotatable bonds is 7. The van der Waals surface area contributed by atoms with E-state index in [9.17, 15) is 13.2 Å². The van der Waals surface area contributed by atoms with Crippen LogP contribution in [0.4, 0.5) is 0 Å². The number of nitrogens with zero attached hydrogens (tertiary/aromatic N) is 2. The smallest absolute Gasteiger partial charge is 0.277 e. The molecule has 1 saturated heterocycles. The monoisotopic (exact) mass is 416 g/mol. The SMILES string of the molecule is CCc1ccc(C[NH+](C)CC(=O)N2CCN(S(=O)(=O)c3ccccc3)CC2)cc1. The van der Waals surface area contributed by atoms with E-state index in [1.165, 1.54) is 15.4 Å². The highest BCUT2D eigenvalue weighted by Crippen LogP contribution is 2.17. The Morgan fingerprint density at radius 3 is 2.10 bits per heavy atom. The Morgan fingerprint density at radius 2 is 1.52 bits per heavy atom.